The van der Waals surface area contributed by atoms with Crippen molar-refractivity contribution in [3.05, 3.63) is 11.6 Å². The van der Waals surface area contributed by atoms with Gasteiger partial charge in [-0.3, -0.25) is 0 Å². The van der Waals surface area contributed by atoms with Gasteiger partial charge in [0, 0.05) is 5.38 Å². The Morgan fingerprint density at radius 2 is 1.71 bits per heavy atom. The quantitative estimate of drug-likeness (QED) is 0.225. The summed E-state index contributed by atoms with van der Waals surface area (Å²) in [5.74, 6) is 3.93. The van der Waals surface area contributed by atoms with E-state index >= 15 is 0 Å². The first-order chi connectivity index (χ1) is 13.5. The molecule has 0 nitrogen and oxygen atoms in total. The van der Waals surface area contributed by atoms with Crippen LogP contribution in [-0.4, -0.2) is 5.38 Å². The highest BCUT2D eigenvalue weighted by Gasteiger charge is 2.58. The van der Waals surface area contributed by atoms with Gasteiger partial charge >= 0.3 is 0 Å². The van der Waals surface area contributed by atoms with Crippen molar-refractivity contribution < 1.29 is 0 Å². The molecule has 4 aliphatic rings. The molecule has 0 aromatic rings. The van der Waals surface area contributed by atoms with Gasteiger partial charge in [-0.2, -0.15) is 0 Å². The summed E-state index contributed by atoms with van der Waals surface area (Å²) >= 11 is 6.55. The molecule has 28 heavy (non-hydrogen) atoms. The van der Waals surface area contributed by atoms with Crippen molar-refractivity contribution in [2.24, 2.45) is 34.5 Å². The fraction of sp³-hybridized carbons (Fsp3) is 0.926. The molecule has 4 rings (SSSR count). The molecule has 0 saturated heterocycles. The van der Waals surface area contributed by atoms with Gasteiger partial charge in [-0.25, -0.2) is 0 Å². The summed E-state index contributed by atoms with van der Waals surface area (Å²) < 4.78 is 0. The zero-order chi connectivity index (χ0) is 19.8. The van der Waals surface area contributed by atoms with Crippen molar-refractivity contribution in [1.82, 2.24) is 0 Å². The lowest BCUT2D eigenvalue weighted by Gasteiger charge is -2.58. The molecule has 0 radical (unpaired) electrons. The lowest BCUT2D eigenvalue weighted by atomic mass is 9.47. The molecule has 0 heterocycles. The van der Waals surface area contributed by atoms with Gasteiger partial charge in [0.1, 0.15) is 0 Å². The molecule has 0 spiro atoms. The van der Waals surface area contributed by atoms with Crippen molar-refractivity contribution >= 4 is 11.6 Å². The summed E-state index contributed by atoms with van der Waals surface area (Å²) in [6, 6.07) is 0. The molecule has 0 aromatic heterocycles. The SMILES string of the molecule is CCCCCCCC[C@@H]1CC[C@@H]2[C@H]3CC=C4C[C@@H](Cl)CC[C@]4(C)[C@H]3CC[C@]12C. The Bertz CT molecular complexity index is 565. The van der Waals surface area contributed by atoms with Crippen LogP contribution in [0.3, 0.4) is 0 Å². The van der Waals surface area contributed by atoms with E-state index in [9.17, 15) is 0 Å². The highest BCUT2D eigenvalue weighted by atomic mass is 35.5. The Morgan fingerprint density at radius 3 is 2.54 bits per heavy atom. The number of allylic oxidation sites excluding steroid dienone is 2. The van der Waals surface area contributed by atoms with Crippen LogP contribution >= 0.6 is 11.6 Å². The van der Waals surface area contributed by atoms with E-state index in [1.165, 1.54) is 96.3 Å². The third-order valence-electron chi connectivity index (χ3n) is 10.1. The van der Waals surface area contributed by atoms with E-state index < -0.39 is 0 Å². The molecule has 3 saturated carbocycles. The van der Waals surface area contributed by atoms with Crippen LogP contribution in [0.5, 0.6) is 0 Å². The summed E-state index contributed by atoms with van der Waals surface area (Å²) in [5.41, 5.74) is 2.87. The smallest absolute Gasteiger partial charge is 0.0373 e. The standard InChI is InChI=1S/C27H45Cl/c1-4-5-6-7-8-9-10-20-12-14-24-23-13-11-21-19-22(28)15-17-27(21,3)25(23)16-18-26(20,24)2/h11,20,22-25H,4-10,12-19H2,1-3H3/t20-,22+,23-,24-,25+,26-,27+/m1/s1. The molecular formula is C27H45Cl. The average molecular weight is 405 g/mol. The lowest BCUT2D eigenvalue weighted by Crippen LogP contribution is -2.50. The minimum atomic E-state index is 0.401. The topological polar surface area (TPSA) is 0 Å². The fourth-order valence-electron chi connectivity index (χ4n) is 8.37. The van der Waals surface area contributed by atoms with Gasteiger partial charge in [-0.1, -0.05) is 70.9 Å². The van der Waals surface area contributed by atoms with Crippen LogP contribution in [0.25, 0.3) is 0 Å². The van der Waals surface area contributed by atoms with Gasteiger partial charge in [-0.15, -0.1) is 11.6 Å². The summed E-state index contributed by atoms with van der Waals surface area (Å²) in [4.78, 5) is 0. The lowest BCUT2D eigenvalue weighted by molar-refractivity contribution is -0.0423. The van der Waals surface area contributed by atoms with Crippen LogP contribution in [0, 0.1) is 34.5 Å². The first-order valence-electron chi connectivity index (χ1n) is 12.8. The second-order valence-electron chi connectivity index (χ2n) is 11.5. The van der Waals surface area contributed by atoms with Crippen LogP contribution in [0.1, 0.15) is 117 Å². The minimum Gasteiger partial charge on any atom is -0.123 e. The summed E-state index contributed by atoms with van der Waals surface area (Å²) in [7, 11) is 0. The van der Waals surface area contributed by atoms with Crippen molar-refractivity contribution in [2.75, 3.05) is 0 Å². The molecule has 0 unspecified atom stereocenters. The van der Waals surface area contributed by atoms with E-state index in [1.807, 2.05) is 0 Å². The van der Waals surface area contributed by atoms with E-state index in [1.54, 1.807) is 5.57 Å². The zero-order valence-corrected chi connectivity index (χ0v) is 19.7. The van der Waals surface area contributed by atoms with Gasteiger partial charge in [0.15, 0.2) is 0 Å². The maximum Gasteiger partial charge on any atom is 0.0373 e. The molecule has 4 aliphatic carbocycles. The monoisotopic (exact) mass is 404 g/mol. The number of rotatable bonds is 7. The number of hydrogen-bond acceptors (Lipinski definition) is 0. The van der Waals surface area contributed by atoms with Gasteiger partial charge in [0.25, 0.3) is 0 Å². The predicted octanol–water partition coefficient (Wildman–Crippen LogP) is 8.92. The maximum absolute atomic E-state index is 6.55. The van der Waals surface area contributed by atoms with Crippen molar-refractivity contribution in [2.45, 2.75) is 122 Å². The molecular weight excluding hydrogens is 360 g/mol. The first kappa shape index (κ1) is 21.3. The van der Waals surface area contributed by atoms with Crippen molar-refractivity contribution in [3.63, 3.8) is 0 Å². The van der Waals surface area contributed by atoms with E-state index in [-0.39, 0.29) is 0 Å². The second-order valence-corrected chi connectivity index (χ2v) is 12.1. The molecule has 1 heteroatoms. The molecule has 0 aromatic carbocycles. The Balaban J connectivity index is 1.39. The highest BCUT2D eigenvalue weighted by Crippen LogP contribution is 2.66. The Labute approximate surface area is 180 Å². The number of unbranched alkanes of at least 4 members (excludes halogenated alkanes) is 5. The molecule has 0 aliphatic heterocycles. The third-order valence-corrected chi connectivity index (χ3v) is 10.5. The molecule has 0 bridgehead atoms. The maximum atomic E-state index is 6.55. The van der Waals surface area contributed by atoms with Crippen LogP contribution < -0.4 is 0 Å². The van der Waals surface area contributed by atoms with Crippen molar-refractivity contribution in [1.29, 1.82) is 0 Å². The van der Waals surface area contributed by atoms with Gasteiger partial charge < -0.3 is 0 Å². The largest absolute Gasteiger partial charge is 0.123 e. The first-order valence-corrected chi connectivity index (χ1v) is 13.3. The second kappa shape index (κ2) is 8.64. The van der Waals surface area contributed by atoms with E-state index in [0.717, 1.165) is 23.7 Å². The number of alkyl halides is 1. The van der Waals surface area contributed by atoms with E-state index in [4.69, 9.17) is 11.6 Å². The van der Waals surface area contributed by atoms with E-state index in [2.05, 4.69) is 26.8 Å². The Kier molecular flexibility index (Phi) is 6.57. The van der Waals surface area contributed by atoms with E-state index in [0.29, 0.717) is 16.2 Å². The van der Waals surface area contributed by atoms with Gasteiger partial charge in [0.05, 0.1) is 0 Å². The highest BCUT2D eigenvalue weighted by molar-refractivity contribution is 6.20. The third kappa shape index (κ3) is 3.74. The number of fused-ring (bicyclic) bond motifs is 5. The Hall–Kier alpha value is 0.0300. The van der Waals surface area contributed by atoms with Crippen LogP contribution in [-0.2, 0) is 0 Å². The predicted molar refractivity (Wildman–Crippen MR) is 123 cm³/mol. The molecule has 3 fully saturated rings. The number of hydrogen-bond donors (Lipinski definition) is 0. The van der Waals surface area contributed by atoms with Gasteiger partial charge in [-0.05, 0) is 92.3 Å². The summed E-state index contributed by atoms with van der Waals surface area (Å²) in [6.07, 6.45) is 24.1. The Morgan fingerprint density at radius 1 is 0.929 bits per heavy atom. The normalized spacial score (nSPS) is 45.1. The van der Waals surface area contributed by atoms with Crippen LogP contribution in [0.15, 0.2) is 11.6 Å². The minimum absolute atomic E-state index is 0.401. The van der Waals surface area contributed by atoms with Crippen LogP contribution in [0.4, 0.5) is 0 Å². The average Bonchev–Trinajstić information content (AvgIpc) is 3.01. The number of halogens is 1. The van der Waals surface area contributed by atoms with Crippen molar-refractivity contribution in [3.8, 4) is 0 Å². The summed E-state index contributed by atoms with van der Waals surface area (Å²) in [5, 5.41) is 0.401. The molecule has 160 valence electrons. The molecule has 0 N–H and O–H groups in total. The summed E-state index contributed by atoms with van der Waals surface area (Å²) in [6.45, 7) is 7.64. The molecule has 7 atom stereocenters. The van der Waals surface area contributed by atoms with Crippen LogP contribution in [0.2, 0.25) is 0 Å². The zero-order valence-electron chi connectivity index (χ0n) is 18.9. The van der Waals surface area contributed by atoms with Gasteiger partial charge in [0.2, 0.25) is 0 Å². The molecule has 0 amide bonds. The fourth-order valence-corrected chi connectivity index (χ4v) is 8.65.